The van der Waals surface area contributed by atoms with E-state index in [1.54, 1.807) is 54.6 Å². The van der Waals surface area contributed by atoms with Crippen LogP contribution in [0.15, 0.2) is 71.1 Å². The molecule has 0 amide bonds. The second kappa shape index (κ2) is 7.05. The first-order chi connectivity index (χ1) is 12.4. The van der Waals surface area contributed by atoms with E-state index in [9.17, 15) is 18.3 Å². The number of aliphatic carboxylic acids is 1. The predicted octanol–water partition coefficient (Wildman–Crippen LogP) is 3.53. The zero-order valence-corrected chi connectivity index (χ0v) is 15.5. The molecule has 1 aliphatic rings. The molecule has 2 atom stereocenters. The molecule has 136 valence electrons. The van der Waals surface area contributed by atoms with Gasteiger partial charge in [-0.05, 0) is 31.0 Å². The van der Waals surface area contributed by atoms with Crippen LogP contribution in [0.3, 0.4) is 0 Å². The lowest BCUT2D eigenvalue weighted by atomic mass is 10.0. The SMILES string of the molecule is CC[C@@H]1C=C(C(=O)O)[C@H](c2ccccc2)N1S(=O)(=O)c1ccc(C)cc1. The molecule has 0 bridgehead atoms. The number of hydrogen-bond donors (Lipinski definition) is 1. The quantitative estimate of drug-likeness (QED) is 0.872. The molecule has 0 saturated carbocycles. The average Bonchev–Trinajstić information content (AvgIpc) is 3.03. The maximum atomic E-state index is 13.4. The van der Waals surface area contributed by atoms with Gasteiger partial charge in [0, 0.05) is 6.04 Å². The average molecular weight is 371 g/mol. The minimum Gasteiger partial charge on any atom is -0.478 e. The number of sulfonamides is 1. The van der Waals surface area contributed by atoms with Gasteiger partial charge in [-0.15, -0.1) is 0 Å². The summed E-state index contributed by atoms with van der Waals surface area (Å²) in [6, 6.07) is 14.2. The van der Waals surface area contributed by atoms with Gasteiger partial charge in [-0.1, -0.05) is 61.0 Å². The zero-order chi connectivity index (χ0) is 18.9. The second-order valence-corrected chi connectivity index (χ2v) is 8.21. The van der Waals surface area contributed by atoms with Crippen LogP contribution < -0.4 is 0 Å². The highest BCUT2D eigenvalue weighted by atomic mass is 32.2. The Morgan fingerprint density at radius 2 is 1.69 bits per heavy atom. The number of rotatable bonds is 5. The Bertz CT molecular complexity index is 934. The lowest BCUT2D eigenvalue weighted by molar-refractivity contribution is -0.133. The third-order valence-electron chi connectivity index (χ3n) is 4.62. The molecular weight excluding hydrogens is 350 g/mol. The molecule has 0 aromatic heterocycles. The van der Waals surface area contributed by atoms with Crippen molar-refractivity contribution in [1.82, 2.24) is 4.31 Å². The topological polar surface area (TPSA) is 74.7 Å². The number of aryl methyl sites for hydroxylation is 1. The molecule has 2 aromatic rings. The van der Waals surface area contributed by atoms with Crippen LogP contribution in [-0.4, -0.2) is 29.8 Å². The maximum absolute atomic E-state index is 13.4. The summed E-state index contributed by atoms with van der Waals surface area (Å²) >= 11 is 0. The lowest BCUT2D eigenvalue weighted by Gasteiger charge is -2.30. The Labute approximate surface area is 153 Å². The Morgan fingerprint density at radius 1 is 1.08 bits per heavy atom. The van der Waals surface area contributed by atoms with E-state index in [1.165, 1.54) is 4.31 Å². The molecule has 26 heavy (non-hydrogen) atoms. The summed E-state index contributed by atoms with van der Waals surface area (Å²) in [5.41, 5.74) is 1.70. The Morgan fingerprint density at radius 3 is 2.23 bits per heavy atom. The van der Waals surface area contributed by atoms with Crippen LogP contribution in [0, 0.1) is 6.92 Å². The highest BCUT2D eigenvalue weighted by Gasteiger charge is 2.45. The summed E-state index contributed by atoms with van der Waals surface area (Å²) in [5, 5.41) is 9.66. The molecular formula is C20H21NO4S. The molecule has 3 rings (SSSR count). The fraction of sp³-hybridized carbons (Fsp3) is 0.250. The van der Waals surface area contributed by atoms with Gasteiger partial charge < -0.3 is 5.11 Å². The van der Waals surface area contributed by atoms with Crippen molar-refractivity contribution in [2.75, 3.05) is 0 Å². The molecule has 0 fully saturated rings. The number of carboxylic acid groups (broad SMARTS) is 1. The van der Waals surface area contributed by atoms with Gasteiger partial charge in [-0.3, -0.25) is 0 Å². The third-order valence-corrected chi connectivity index (χ3v) is 6.53. The highest BCUT2D eigenvalue weighted by Crippen LogP contribution is 2.41. The molecule has 5 nitrogen and oxygen atoms in total. The van der Waals surface area contributed by atoms with Gasteiger partial charge in [0.1, 0.15) is 0 Å². The standard InChI is InChI=1S/C20H21NO4S/c1-3-16-13-18(20(22)23)19(15-7-5-4-6-8-15)21(16)26(24,25)17-11-9-14(2)10-12-17/h4-13,16,19H,3H2,1-2H3,(H,22,23)/t16-,19+/m1/s1. The monoisotopic (exact) mass is 371 g/mol. The number of carbonyl (C=O) groups is 1. The fourth-order valence-electron chi connectivity index (χ4n) is 3.30. The number of benzene rings is 2. The van der Waals surface area contributed by atoms with Crippen molar-refractivity contribution >= 4 is 16.0 Å². The van der Waals surface area contributed by atoms with Crippen LogP contribution >= 0.6 is 0 Å². The largest absolute Gasteiger partial charge is 0.478 e. The van der Waals surface area contributed by atoms with Crippen molar-refractivity contribution in [3.05, 3.63) is 77.4 Å². The summed E-state index contributed by atoms with van der Waals surface area (Å²) in [6.07, 6.45) is 2.05. The summed E-state index contributed by atoms with van der Waals surface area (Å²) in [4.78, 5) is 12.0. The van der Waals surface area contributed by atoms with E-state index in [2.05, 4.69) is 0 Å². The van der Waals surface area contributed by atoms with Gasteiger partial charge in [0.2, 0.25) is 10.0 Å². The van der Waals surface area contributed by atoms with Crippen LogP contribution in [0.25, 0.3) is 0 Å². The zero-order valence-electron chi connectivity index (χ0n) is 14.7. The predicted molar refractivity (Wildman–Crippen MR) is 99.2 cm³/mol. The molecule has 6 heteroatoms. The van der Waals surface area contributed by atoms with Crippen LogP contribution in [0.2, 0.25) is 0 Å². The molecule has 0 radical (unpaired) electrons. The third kappa shape index (κ3) is 3.18. The first-order valence-corrected chi connectivity index (χ1v) is 9.90. The van der Waals surface area contributed by atoms with Crippen molar-refractivity contribution in [1.29, 1.82) is 0 Å². The molecule has 2 aromatic carbocycles. The molecule has 1 heterocycles. The van der Waals surface area contributed by atoms with Crippen molar-refractivity contribution in [2.45, 2.75) is 37.2 Å². The van der Waals surface area contributed by atoms with E-state index in [1.807, 2.05) is 19.9 Å². The summed E-state index contributed by atoms with van der Waals surface area (Å²) in [6.45, 7) is 3.74. The van der Waals surface area contributed by atoms with Gasteiger partial charge >= 0.3 is 5.97 Å². The Kier molecular flexibility index (Phi) is 4.98. The van der Waals surface area contributed by atoms with E-state index in [0.29, 0.717) is 12.0 Å². The molecule has 0 saturated heterocycles. The Hall–Kier alpha value is -2.44. The van der Waals surface area contributed by atoms with Gasteiger partial charge in [0.15, 0.2) is 0 Å². The second-order valence-electron chi connectivity index (χ2n) is 6.36. The lowest BCUT2D eigenvalue weighted by Crippen LogP contribution is -2.38. The minimum absolute atomic E-state index is 0.0961. The Balaban J connectivity index is 2.16. The maximum Gasteiger partial charge on any atom is 0.333 e. The summed E-state index contributed by atoms with van der Waals surface area (Å²) in [7, 11) is -3.86. The van der Waals surface area contributed by atoms with Gasteiger partial charge in [0.05, 0.1) is 16.5 Å². The van der Waals surface area contributed by atoms with Gasteiger partial charge in [0.25, 0.3) is 0 Å². The normalized spacial score (nSPS) is 20.8. The van der Waals surface area contributed by atoms with Crippen molar-refractivity contribution in [3.63, 3.8) is 0 Å². The number of nitrogens with zero attached hydrogens (tertiary/aromatic N) is 1. The first kappa shape index (κ1) is 18.4. The van der Waals surface area contributed by atoms with Crippen molar-refractivity contribution < 1.29 is 18.3 Å². The first-order valence-electron chi connectivity index (χ1n) is 8.46. The van der Waals surface area contributed by atoms with Crippen LogP contribution in [0.1, 0.15) is 30.5 Å². The molecule has 1 aliphatic heterocycles. The van der Waals surface area contributed by atoms with E-state index in [4.69, 9.17) is 0 Å². The smallest absolute Gasteiger partial charge is 0.333 e. The van der Waals surface area contributed by atoms with Gasteiger partial charge in [-0.25, -0.2) is 13.2 Å². The van der Waals surface area contributed by atoms with Crippen molar-refractivity contribution in [2.24, 2.45) is 0 Å². The van der Waals surface area contributed by atoms with E-state index >= 15 is 0 Å². The molecule has 0 unspecified atom stereocenters. The van der Waals surface area contributed by atoms with E-state index in [-0.39, 0.29) is 10.5 Å². The number of carboxylic acids is 1. The highest BCUT2D eigenvalue weighted by molar-refractivity contribution is 7.89. The number of hydrogen-bond acceptors (Lipinski definition) is 3. The molecule has 0 spiro atoms. The summed E-state index contributed by atoms with van der Waals surface area (Å²) in [5.74, 6) is -1.10. The van der Waals surface area contributed by atoms with Crippen LogP contribution in [0.4, 0.5) is 0 Å². The van der Waals surface area contributed by atoms with Gasteiger partial charge in [-0.2, -0.15) is 4.31 Å². The minimum atomic E-state index is -3.86. The molecule has 0 aliphatic carbocycles. The van der Waals surface area contributed by atoms with Crippen molar-refractivity contribution in [3.8, 4) is 0 Å². The molecule has 1 N–H and O–H groups in total. The van der Waals surface area contributed by atoms with Crippen LogP contribution in [0.5, 0.6) is 0 Å². The fourth-order valence-corrected chi connectivity index (χ4v) is 5.10. The van der Waals surface area contributed by atoms with Crippen LogP contribution in [-0.2, 0) is 14.8 Å². The summed E-state index contributed by atoms with van der Waals surface area (Å²) < 4.78 is 28.1. The van der Waals surface area contributed by atoms with E-state index < -0.39 is 28.1 Å². The van der Waals surface area contributed by atoms with E-state index in [0.717, 1.165) is 5.56 Å².